The van der Waals surface area contributed by atoms with Crippen LogP contribution in [-0.2, 0) is 32.0 Å². The Kier molecular flexibility index (Phi) is 7.21. The molecule has 242 valence electrons. The smallest absolute Gasteiger partial charge is 0.656 e. The van der Waals surface area contributed by atoms with Gasteiger partial charge in [-0.2, -0.15) is 0 Å². The number of hydrogen-bond acceptors (Lipinski definition) is 3. The van der Waals surface area contributed by atoms with E-state index >= 15 is 0 Å². The van der Waals surface area contributed by atoms with Crippen molar-refractivity contribution in [3.8, 4) is 22.5 Å². The second-order valence-electron chi connectivity index (χ2n) is 14.2. The number of imidazole rings is 1. The Morgan fingerprint density at radius 1 is 0.714 bits per heavy atom. The van der Waals surface area contributed by atoms with Crippen LogP contribution in [0, 0.1) is 6.07 Å². The van der Waals surface area contributed by atoms with Gasteiger partial charge in [-0.3, -0.25) is 0 Å². The predicted molar refractivity (Wildman–Crippen MR) is 197 cm³/mol. The summed E-state index contributed by atoms with van der Waals surface area (Å²) in [5.74, 6) is 1.79. The number of pyridine rings is 1. The van der Waals surface area contributed by atoms with E-state index in [1.54, 1.807) is 0 Å². The molecule has 1 aliphatic rings. The second-order valence-corrected chi connectivity index (χ2v) is 14.2. The van der Waals surface area contributed by atoms with Gasteiger partial charge in [-0.1, -0.05) is 104 Å². The summed E-state index contributed by atoms with van der Waals surface area (Å²) in [4.78, 5) is 17.6. The first kappa shape index (κ1) is 31.3. The van der Waals surface area contributed by atoms with Gasteiger partial charge in [0.2, 0.25) is 0 Å². The number of nitrogens with zero attached hydrogens (tertiary/aromatic N) is 5. The van der Waals surface area contributed by atoms with E-state index in [0.29, 0.717) is 0 Å². The first-order chi connectivity index (χ1) is 23.2. The zero-order valence-electron chi connectivity index (χ0n) is 28.1. The van der Waals surface area contributed by atoms with Gasteiger partial charge in [0.15, 0.2) is 0 Å². The van der Waals surface area contributed by atoms with E-state index in [-0.39, 0.29) is 32.0 Å². The number of anilines is 3. The van der Waals surface area contributed by atoms with Crippen LogP contribution in [0.2, 0.25) is 0 Å². The van der Waals surface area contributed by atoms with E-state index in [2.05, 4.69) is 147 Å². The van der Waals surface area contributed by atoms with Crippen molar-refractivity contribution in [2.75, 3.05) is 4.90 Å². The van der Waals surface area contributed by atoms with Crippen LogP contribution in [0.25, 0.3) is 55.4 Å². The Hall–Kier alpha value is -4.99. The third kappa shape index (κ3) is 4.70. The average molecular weight is 817 g/mol. The van der Waals surface area contributed by atoms with Crippen LogP contribution < -0.4 is 9.88 Å². The van der Waals surface area contributed by atoms with E-state index in [1.807, 2.05) is 24.4 Å². The van der Waals surface area contributed by atoms with Crippen LogP contribution in [0.15, 0.2) is 121 Å². The zero-order valence-corrected chi connectivity index (χ0v) is 30.4. The summed E-state index contributed by atoms with van der Waals surface area (Å²) >= 11 is 0. The van der Waals surface area contributed by atoms with Gasteiger partial charge in [-0.05, 0) is 72.5 Å². The third-order valence-electron chi connectivity index (χ3n) is 9.87. The molecule has 0 saturated carbocycles. The van der Waals surface area contributed by atoms with Gasteiger partial charge >= 0.3 is 21.1 Å². The molecule has 8 aromatic rings. The van der Waals surface area contributed by atoms with Gasteiger partial charge in [0.05, 0.1) is 11.0 Å². The molecule has 49 heavy (non-hydrogen) atoms. The van der Waals surface area contributed by atoms with Crippen molar-refractivity contribution in [1.29, 1.82) is 0 Å². The molecule has 1 aliphatic heterocycles. The molecule has 0 fully saturated rings. The van der Waals surface area contributed by atoms with Crippen molar-refractivity contribution < 1.29 is 21.1 Å². The fourth-order valence-corrected chi connectivity index (χ4v) is 7.66. The first-order valence-electron chi connectivity index (χ1n) is 16.6. The Balaban J connectivity index is 0.00000348. The topological polar surface area (TPSA) is 48.1 Å². The molecule has 0 bridgehead atoms. The minimum Gasteiger partial charge on any atom is -0.656 e. The van der Waals surface area contributed by atoms with E-state index < -0.39 is 0 Å². The zero-order chi connectivity index (χ0) is 32.8. The van der Waals surface area contributed by atoms with Gasteiger partial charge in [0.1, 0.15) is 11.6 Å². The standard InChI is InChI=1S/C43H35N5.Pt/c1-42(2,3)48-36-21-13-15-28(40(36)46-41(48)31-17-12-16-30-29-14-6-8-19-34(29)45-39(30)31)27-23-24-33-37(26-27)47(38-22-10-11-25-44-38)35-20-9-7-18-32(35)43(33,4)5;/h6-25H,1-5H3;/q-2;+2. The molecular formula is C43H35N5Pt. The molecule has 0 aliphatic carbocycles. The number of fused-ring (bicyclic) bond motifs is 6. The molecule has 5 aromatic carbocycles. The summed E-state index contributed by atoms with van der Waals surface area (Å²) in [6.45, 7) is 11.3. The predicted octanol–water partition coefficient (Wildman–Crippen LogP) is 10.7. The van der Waals surface area contributed by atoms with Crippen LogP contribution in [0.1, 0.15) is 45.7 Å². The molecule has 0 spiro atoms. The van der Waals surface area contributed by atoms with Crippen molar-refractivity contribution in [3.05, 3.63) is 139 Å². The molecule has 4 heterocycles. The fourth-order valence-electron chi connectivity index (χ4n) is 7.66. The average Bonchev–Trinajstić information content (AvgIpc) is 3.68. The van der Waals surface area contributed by atoms with Crippen molar-refractivity contribution in [2.45, 2.75) is 45.6 Å². The van der Waals surface area contributed by atoms with E-state index in [4.69, 9.17) is 15.0 Å². The van der Waals surface area contributed by atoms with Gasteiger partial charge in [0, 0.05) is 23.0 Å². The van der Waals surface area contributed by atoms with E-state index in [0.717, 1.165) is 67.2 Å². The second kappa shape index (κ2) is 11.3. The summed E-state index contributed by atoms with van der Waals surface area (Å²) < 4.78 is 2.37. The molecular weight excluding hydrogens is 782 g/mol. The van der Waals surface area contributed by atoms with Gasteiger partial charge in [-0.15, -0.1) is 34.8 Å². The van der Waals surface area contributed by atoms with Crippen LogP contribution in [0.4, 0.5) is 17.2 Å². The molecule has 0 saturated heterocycles. The van der Waals surface area contributed by atoms with E-state index in [9.17, 15) is 0 Å². The number of para-hydroxylation sites is 4. The Labute approximate surface area is 300 Å². The summed E-state index contributed by atoms with van der Waals surface area (Å²) in [6.07, 6.45) is 1.85. The summed E-state index contributed by atoms with van der Waals surface area (Å²) in [6, 6.07) is 44.4. The Morgan fingerprint density at radius 2 is 1.45 bits per heavy atom. The maximum absolute atomic E-state index is 5.48. The van der Waals surface area contributed by atoms with Crippen molar-refractivity contribution in [2.24, 2.45) is 0 Å². The molecule has 0 atom stereocenters. The van der Waals surface area contributed by atoms with E-state index in [1.165, 1.54) is 16.5 Å². The fraction of sp³-hybridized carbons (Fsp3) is 0.163. The minimum atomic E-state index is -0.236. The van der Waals surface area contributed by atoms with Crippen molar-refractivity contribution in [1.82, 2.24) is 19.5 Å². The van der Waals surface area contributed by atoms with Gasteiger partial charge in [-0.25, -0.2) is 9.97 Å². The quantitative estimate of drug-likeness (QED) is 0.167. The normalized spacial score (nSPS) is 13.8. The van der Waals surface area contributed by atoms with Crippen LogP contribution in [0.3, 0.4) is 0 Å². The summed E-state index contributed by atoms with van der Waals surface area (Å²) in [7, 11) is 0. The van der Waals surface area contributed by atoms with Crippen LogP contribution >= 0.6 is 0 Å². The molecule has 5 nitrogen and oxygen atoms in total. The molecule has 0 amide bonds. The largest absolute Gasteiger partial charge is 2.00 e. The monoisotopic (exact) mass is 816 g/mol. The molecule has 9 rings (SSSR count). The van der Waals surface area contributed by atoms with Crippen LogP contribution in [-0.4, -0.2) is 14.5 Å². The summed E-state index contributed by atoms with van der Waals surface area (Å²) in [5, 5.41) is 2.32. The number of aromatic nitrogens is 4. The van der Waals surface area contributed by atoms with Crippen LogP contribution in [0.5, 0.6) is 0 Å². The molecule has 0 radical (unpaired) electrons. The van der Waals surface area contributed by atoms with Gasteiger partial charge < -0.3 is 14.5 Å². The number of hydrogen-bond donors (Lipinski definition) is 0. The Morgan fingerprint density at radius 3 is 2.27 bits per heavy atom. The van der Waals surface area contributed by atoms with Gasteiger partial charge in [0.25, 0.3) is 0 Å². The Bertz CT molecular complexity index is 2530. The maximum Gasteiger partial charge on any atom is 2.00 e. The number of benzene rings is 5. The maximum atomic E-state index is 5.48. The molecule has 0 unspecified atom stereocenters. The third-order valence-corrected chi connectivity index (χ3v) is 9.87. The molecule has 0 N–H and O–H groups in total. The molecule has 3 aromatic heterocycles. The first-order valence-corrected chi connectivity index (χ1v) is 16.6. The SMILES string of the molecule is CC1(C)c2ccc(-c3cccc4c3nc(-c3cccc5c3[n-]c3ccccc35)n4C(C)(C)C)[c-]c2N(c2ccccn2)c2ccccc21.[Pt+2]. The molecule has 6 heteroatoms. The van der Waals surface area contributed by atoms with Crippen molar-refractivity contribution >= 4 is 50.0 Å². The number of rotatable bonds is 3. The summed E-state index contributed by atoms with van der Waals surface area (Å²) in [5.41, 5.74) is 11.3. The minimum absolute atomic E-state index is 0. The van der Waals surface area contributed by atoms with Crippen molar-refractivity contribution in [3.63, 3.8) is 0 Å².